The third kappa shape index (κ3) is 3.53. The normalized spacial score (nSPS) is 18.0. The highest BCUT2D eigenvalue weighted by atomic mass is 35.5. The van der Waals surface area contributed by atoms with Gasteiger partial charge in [0.05, 0.1) is 0 Å². The summed E-state index contributed by atoms with van der Waals surface area (Å²) in [6, 6.07) is 7.03. The molecule has 1 aromatic carbocycles. The third-order valence-corrected chi connectivity index (χ3v) is 4.67. The standard InChI is InChI=1S/C16H23ClN2O/c1-19(2)16(10-4-3-5-11-16)12-18-15(20)13-6-8-14(17)9-7-13/h6-9H,3-5,10-12H2,1-2H3,(H,18,20). The number of rotatable bonds is 4. The van der Waals surface area contributed by atoms with E-state index in [4.69, 9.17) is 11.6 Å². The van der Waals surface area contributed by atoms with Crippen molar-refractivity contribution in [2.45, 2.75) is 37.6 Å². The largest absolute Gasteiger partial charge is 0.350 e. The number of hydrogen-bond donors (Lipinski definition) is 1. The molecule has 0 aliphatic heterocycles. The number of halogens is 1. The van der Waals surface area contributed by atoms with Gasteiger partial charge in [-0.15, -0.1) is 0 Å². The number of amides is 1. The predicted molar refractivity (Wildman–Crippen MR) is 83.3 cm³/mol. The van der Waals surface area contributed by atoms with E-state index in [1.165, 1.54) is 19.3 Å². The molecule has 1 N–H and O–H groups in total. The number of carbonyl (C=O) groups excluding carboxylic acids is 1. The van der Waals surface area contributed by atoms with Crippen LogP contribution in [0.15, 0.2) is 24.3 Å². The van der Waals surface area contributed by atoms with Gasteiger partial charge in [-0.25, -0.2) is 0 Å². The highest BCUT2D eigenvalue weighted by molar-refractivity contribution is 6.30. The van der Waals surface area contributed by atoms with Crippen LogP contribution in [-0.4, -0.2) is 37.0 Å². The summed E-state index contributed by atoms with van der Waals surface area (Å²) in [6.07, 6.45) is 6.10. The van der Waals surface area contributed by atoms with Crippen molar-refractivity contribution >= 4 is 17.5 Å². The smallest absolute Gasteiger partial charge is 0.251 e. The number of nitrogens with one attached hydrogen (secondary N) is 1. The van der Waals surface area contributed by atoms with Crippen LogP contribution in [0.5, 0.6) is 0 Å². The lowest BCUT2D eigenvalue weighted by Gasteiger charge is -2.43. The van der Waals surface area contributed by atoms with E-state index in [1.54, 1.807) is 24.3 Å². The van der Waals surface area contributed by atoms with Crippen LogP contribution in [0, 0.1) is 0 Å². The molecular formula is C16H23ClN2O. The Balaban J connectivity index is 1.98. The monoisotopic (exact) mass is 294 g/mol. The van der Waals surface area contributed by atoms with E-state index in [2.05, 4.69) is 24.3 Å². The summed E-state index contributed by atoms with van der Waals surface area (Å²) in [5.41, 5.74) is 0.777. The quantitative estimate of drug-likeness (QED) is 0.924. The van der Waals surface area contributed by atoms with Crippen LogP contribution in [0.25, 0.3) is 0 Å². The van der Waals surface area contributed by atoms with Crippen molar-refractivity contribution in [1.29, 1.82) is 0 Å². The van der Waals surface area contributed by atoms with E-state index < -0.39 is 0 Å². The molecule has 0 atom stereocenters. The molecule has 2 rings (SSSR count). The molecule has 1 aromatic rings. The number of nitrogens with zero attached hydrogens (tertiary/aromatic N) is 1. The fourth-order valence-corrected chi connectivity index (χ4v) is 3.07. The van der Waals surface area contributed by atoms with Gasteiger partial charge in [0.25, 0.3) is 5.91 Å². The van der Waals surface area contributed by atoms with Crippen LogP contribution in [0.3, 0.4) is 0 Å². The number of likely N-dealkylation sites (N-methyl/N-ethyl adjacent to an activating group) is 1. The fourth-order valence-electron chi connectivity index (χ4n) is 2.94. The first-order valence-electron chi connectivity index (χ1n) is 7.25. The molecule has 20 heavy (non-hydrogen) atoms. The number of carbonyl (C=O) groups is 1. The van der Waals surface area contributed by atoms with Crippen LogP contribution in [0.2, 0.25) is 5.02 Å². The summed E-state index contributed by atoms with van der Waals surface area (Å²) < 4.78 is 0. The minimum atomic E-state index is -0.0199. The highest BCUT2D eigenvalue weighted by Crippen LogP contribution is 2.31. The van der Waals surface area contributed by atoms with Crippen molar-refractivity contribution in [3.63, 3.8) is 0 Å². The van der Waals surface area contributed by atoms with Gasteiger partial charge in [0.1, 0.15) is 0 Å². The van der Waals surface area contributed by atoms with Gasteiger partial charge in [0.2, 0.25) is 0 Å². The molecule has 1 aliphatic carbocycles. The maximum atomic E-state index is 12.2. The van der Waals surface area contributed by atoms with Crippen LogP contribution >= 0.6 is 11.6 Å². The van der Waals surface area contributed by atoms with Gasteiger partial charge in [-0.2, -0.15) is 0 Å². The van der Waals surface area contributed by atoms with E-state index in [1.807, 2.05) is 0 Å². The summed E-state index contributed by atoms with van der Waals surface area (Å²) in [5.74, 6) is -0.0199. The molecule has 0 unspecified atom stereocenters. The summed E-state index contributed by atoms with van der Waals surface area (Å²) in [5, 5.41) is 3.74. The van der Waals surface area contributed by atoms with Gasteiger partial charge >= 0.3 is 0 Å². The number of benzene rings is 1. The Morgan fingerprint density at radius 3 is 2.35 bits per heavy atom. The summed E-state index contributed by atoms with van der Waals surface area (Å²) in [4.78, 5) is 14.5. The van der Waals surface area contributed by atoms with E-state index >= 15 is 0 Å². The Labute approximate surface area is 126 Å². The molecule has 0 bridgehead atoms. The second kappa shape index (κ2) is 6.59. The maximum absolute atomic E-state index is 12.2. The van der Waals surface area contributed by atoms with Crippen molar-refractivity contribution in [2.75, 3.05) is 20.6 Å². The molecule has 0 radical (unpaired) electrons. The summed E-state index contributed by atoms with van der Waals surface area (Å²) in [7, 11) is 4.22. The second-order valence-electron chi connectivity index (χ2n) is 5.87. The van der Waals surface area contributed by atoms with Gasteiger partial charge in [0.15, 0.2) is 0 Å². The van der Waals surface area contributed by atoms with Gasteiger partial charge < -0.3 is 10.2 Å². The molecule has 4 heteroatoms. The molecule has 3 nitrogen and oxygen atoms in total. The van der Waals surface area contributed by atoms with Crippen LogP contribution in [0.4, 0.5) is 0 Å². The molecule has 0 spiro atoms. The Hall–Kier alpha value is -1.06. The predicted octanol–water partition coefficient (Wildman–Crippen LogP) is 3.33. The lowest BCUT2D eigenvalue weighted by Crippen LogP contribution is -2.53. The van der Waals surface area contributed by atoms with E-state index in [9.17, 15) is 4.79 Å². The molecule has 1 fully saturated rings. The molecular weight excluding hydrogens is 272 g/mol. The lowest BCUT2D eigenvalue weighted by molar-refractivity contribution is 0.0799. The van der Waals surface area contributed by atoms with Crippen molar-refractivity contribution in [1.82, 2.24) is 10.2 Å². The van der Waals surface area contributed by atoms with Gasteiger partial charge in [-0.05, 0) is 51.2 Å². The van der Waals surface area contributed by atoms with Crippen LogP contribution < -0.4 is 5.32 Å². The Kier molecular flexibility index (Phi) is 5.06. The van der Waals surface area contributed by atoms with E-state index in [-0.39, 0.29) is 11.4 Å². The van der Waals surface area contributed by atoms with Crippen LogP contribution in [-0.2, 0) is 0 Å². The van der Waals surface area contributed by atoms with Gasteiger partial charge in [-0.3, -0.25) is 4.79 Å². The molecule has 0 saturated heterocycles. The van der Waals surface area contributed by atoms with Gasteiger partial charge in [-0.1, -0.05) is 30.9 Å². The topological polar surface area (TPSA) is 32.3 Å². The van der Waals surface area contributed by atoms with E-state index in [0.29, 0.717) is 17.1 Å². The Bertz CT molecular complexity index is 450. The molecule has 0 heterocycles. The summed E-state index contributed by atoms with van der Waals surface area (Å²) >= 11 is 5.84. The molecule has 1 aliphatic rings. The van der Waals surface area contributed by atoms with Gasteiger partial charge in [0, 0.05) is 22.7 Å². The first-order valence-corrected chi connectivity index (χ1v) is 7.62. The first-order chi connectivity index (χ1) is 9.53. The van der Waals surface area contributed by atoms with Crippen molar-refractivity contribution < 1.29 is 4.79 Å². The zero-order valence-corrected chi connectivity index (χ0v) is 13.0. The van der Waals surface area contributed by atoms with E-state index in [0.717, 1.165) is 12.8 Å². The second-order valence-corrected chi connectivity index (χ2v) is 6.31. The van der Waals surface area contributed by atoms with Crippen molar-refractivity contribution in [3.05, 3.63) is 34.9 Å². The SMILES string of the molecule is CN(C)C1(CNC(=O)c2ccc(Cl)cc2)CCCCC1. The zero-order chi connectivity index (χ0) is 14.6. The molecule has 1 saturated carbocycles. The van der Waals surface area contributed by atoms with Crippen molar-refractivity contribution in [2.24, 2.45) is 0 Å². The third-order valence-electron chi connectivity index (χ3n) is 4.42. The Morgan fingerprint density at radius 2 is 1.80 bits per heavy atom. The van der Waals surface area contributed by atoms with Crippen LogP contribution in [0.1, 0.15) is 42.5 Å². The molecule has 0 aromatic heterocycles. The highest BCUT2D eigenvalue weighted by Gasteiger charge is 2.34. The average molecular weight is 295 g/mol. The minimum Gasteiger partial charge on any atom is -0.350 e. The minimum absolute atomic E-state index is 0.0199. The lowest BCUT2D eigenvalue weighted by atomic mass is 9.80. The molecule has 1 amide bonds. The first kappa shape index (κ1) is 15.3. The summed E-state index contributed by atoms with van der Waals surface area (Å²) in [6.45, 7) is 0.710. The Morgan fingerprint density at radius 1 is 1.20 bits per heavy atom. The maximum Gasteiger partial charge on any atom is 0.251 e. The van der Waals surface area contributed by atoms with Crippen molar-refractivity contribution in [3.8, 4) is 0 Å². The average Bonchev–Trinajstić information content (AvgIpc) is 2.46. The fraction of sp³-hybridized carbons (Fsp3) is 0.562. The zero-order valence-electron chi connectivity index (χ0n) is 12.3. The number of hydrogen-bond acceptors (Lipinski definition) is 2. The molecule has 110 valence electrons.